The summed E-state index contributed by atoms with van der Waals surface area (Å²) in [6.07, 6.45) is 1.03. The van der Waals surface area contributed by atoms with Crippen molar-refractivity contribution in [2.75, 3.05) is 17.7 Å². The average Bonchev–Trinajstić information content (AvgIpc) is 2.54. The quantitative estimate of drug-likeness (QED) is 0.733. The van der Waals surface area contributed by atoms with Crippen molar-refractivity contribution in [3.8, 4) is 5.75 Å². The van der Waals surface area contributed by atoms with E-state index in [0.29, 0.717) is 5.11 Å². The van der Waals surface area contributed by atoms with Crippen LogP contribution in [0, 0.1) is 0 Å². The fraction of sp³-hybridized carbons (Fsp3) is 0.350. The molecule has 0 aliphatic heterocycles. The van der Waals surface area contributed by atoms with E-state index in [9.17, 15) is 0 Å². The number of benzene rings is 2. The normalized spacial score (nSPS) is 11.0. The molecule has 0 unspecified atom stereocenters. The molecule has 0 saturated carbocycles. The molecular weight excluding hydrogens is 316 g/mol. The molecule has 0 atom stereocenters. The van der Waals surface area contributed by atoms with Gasteiger partial charge >= 0.3 is 0 Å². The largest absolute Gasteiger partial charge is 0.495 e. The minimum atomic E-state index is 0.0632. The zero-order valence-corrected chi connectivity index (χ0v) is 15.9. The third-order valence-electron chi connectivity index (χ3n) is 3.93. The highest BCUT2D eigenvalue weighted by Gasteiger charge is 2.16. The Morgan fingerprint density at radius 1 is 1.04 bits per heavy atom. The number of hydrogen-bond donors (Lipinski definition) is 2. The Morgan fingerprint density at radius 3 is 2.25 bits per heavy atom. The van der Waals surface area contributed by atoms with E-state index in [-0.39, 0.29) is 5.41 Å². The molecule has 2 aromatic rings. The van der Waals surface area contributed by atoms with E-state index in [2.05, 4.69) is 62.6 Å². The molecule has 0 radical (unpaired) electrons. The maximum atomic E-state index is 5.45. The predicted octanol–water partition coefficient (Wildman–Crippen LogP) is 5.36. The Bertz CT molecular complexity index is 703. The second-order valence-electron chi connectivity index (χ2n) is 6.79. The van der Waals surface area contributed by atoms with Crippen LogP contribution >= 0.6 is 12.2 Å². The van der Waals surface area contributed by atoms with Crippen LogP contribution in [0.3, 0.4) is 0 Å². The van der Waals surface area contributed by atoms with Gasteiger partial charge in [-0.05, 0) is 59.4 Å². The summed E-state index contributed by atoms with van der Waals surface area (Å²) in [6.45, 7) is 8.70. The maximum Gasteiger partial charge on any atom is 0.175 e. The zero-order valence-electron chi connectivity index (χ0n) is 15.1. The third kappa shape index (κ3) is 4.71. The topological polar surface area (TPSA) is 33.3 Å². The Labute approximate surface area is 150 Å². The molecule has 24 heavy (non-hydrogen) atoms. The van der Waals surface area contributed by atoms with Crippen molar-refractivity contribution >= 4 is 28.7 Å². The number of aryl methyl sites for hydroxylation is 1. The van der Waals surface area contributed by atoms with Gasteiger partial charge in [-0.3, -0.25) is 0 Å². The molecular formula is C20H26N2OS. The van der Waals surface area contributed by atoms with Crippen LogP contribution in [0.5, 0.6) is 5.75 Å². The molecule has 0 saturated heterocycles. The second-order valence-corrected chi connectivity index (χ2v) is 7.20. The van der Waals surface area contributed by atoms with E-state index in [1.807, 2.05) is 18.2 Å². The molecule has 0 spiro atoms. The van der Waals surface area contributed by atoms with Gasteiger partial charge in [-0.25, -0.2) is 0 Å². The van der Waals surface area contributed by atoms with Gasteiger partial charge in [0.2, 0.25) is 0 Å². The van der Waals surface area contributed by atoms with Crippen LogP contribution in [-0.2, 0) is 11.8 Å². The summed E-state index contributed by atoms with van der Waals surface area (Å²) in [5.41, 5.74) is 4.43. The lowest BCUT2D eigenvalue weighted by molar-refractivity contribution is 0.416. The van der Waals surface area contributed by atoms with Crippen LogP contribution in [0.1, 0.15) is 38.8 Å². The summed E-state index contributed by atoms with van der Waals surface area (Å²) in [4.78, 5) is 0. The van der Waals surface area contributed by atoms with Gasteiger partial charge in [0.05, 0.1) is 12.8 Å². The van der Waals surface area contributed by atoms with Gasteiger partial charge in [-0.15, -0.1) is 0 Å². The van der Waals surface area contributed by atoms with Gasteiger partial charge < -0.3 is 15.4 Å². The van der Waals surface area contributed by atoms with Crippen molar-refractivity contribution in [3.05, 3.63) is 53.6 Å². The summed E-state index contributed by atoms with van der Waals surface area (Å²) < 4.78 is 5.44. The number of anilines is 2. The zero-order chi connectivity index (χ0) is 17.7. The monoisotopic (exact) mass is 342 g/mol. The fourth-order valence-corrected chi connectivity index (χ4v) is 2.61. The number of thiocarbonyl (C=S) groups is 1. The van der Waals surface area contributed by atoms with E-state index < -0.39 is 0 Å². The second kappa shape index (κ2) is 7.67. The lowest BCUT2D eigenvalue weighted by Crippen LogP contribution is -2.20. The smallest absolute Gasteiger partial charge is 0.175 e. The first-order chi connectivity index (χ1) is 11.3. The first-order valence-electron chi connectivity index (χ1n) is 8.19. The van der Waals surface area contributed by atoms with Crippen molar-refractivity contribution < 1.29 is 4.74 Å². The van der Waals surface area contributed by atoms with Crippen LogP contribution in [0.15, 0.2) is 42.5 Å². The van der Waals surface area contributed by atoms with Crippen LogP contribution in [0.25, 0.3) is 0 Å². The molecule has 2 N–H and O–H groups in total. The lowest BCUT2D eigenvalue weighted by atomic mass is 9.87. The number of methoxy groups -OCH3 is 1. The Morgan fingerprint density at radius 2 is 1.71 bits per heavy atom. The number of nitrogens with one attached hydrogen (secondary N) is 2. The van der Waals surface area contributed by atoms with E-state index in [1.54, 1.807) is 7.11 Å². The maximum absolute atomic E-state index is 5.45. The Balaban J connectivity index is 2.14. The van der Waals surface area contributed by atoms with E-state index in [0.717, 1.165) is 23.5 Å². The van der Waals surface area contributed by atoms with Crippen LogP contribution in [0.4, 0.5) is 11.4 Å². The van der Waals surface area contributed by atoms with Crippen LogP contribution < -0.4 is 15.4 Å². The minimum Gasteiger partial charge on any atom is -0.495 e. The molecule has 0 fully saturated rings. The molecule has 3 nitrogen and oxygen atoms in total. The molecule has 0 bridgehead atoms. The molecule has 0 aliphatic rings. The highest BCUT2D eigenvalue weighted by atomic mass is 32.1. The first-order valence-corrected chi connectivity index (χ1v) is 8.59. The van der Waals surface area contributed by atoms with Crippen molar-refractivity contribution in [1.82, 2.24) is 0 Å². The lowest BCUT2D eigenvalue weighted by Gasteiger charge is -2.22. The third-order valence-corrected chi connectivity index (χ3v) is 4.14. The highest BCUT2D eigenvalue weighted by molar-refractivity contribution is 7.80. The van der Waals surface area contributed by atoms with E-state index in [1.165, 1.54) is 11.1 Å². The highest BCUT2D eigenvalue weighted by Crippen LogP contribution is 2.31. The summed E-state index contributed by atoms with van der Waals surface area (Å²) in [6, 6.07) is 14.4. The predicted molar refractivity (Wildman–Crippen MR) is 107 cm³/mol. The van der Waals surface area contributed by atoms with Crippen LogP contribution in [-0.4, -0.2) is 12.2 Å². The summed E-state index contributed by atoms with van der Waals surface area (Å²) >= 11 is 5.45. The molecule has 2 rings (SSSR count). The average molecular weight is 343 g/mol. The number of hydrogen-bond acceptors (Lipinski definition) is 2. The van der Waals surface area contributed by atoms with Gasteiger partial charge in [0.1, 0.15) is 5.75 Å². The van der Waals surface area contributed by atoms with Gasteiger partial charge in [0.25, 0.3) is 0 Å². The first kappa shape index (κ1) is 18.3. The van der Waals surface area contributed by atoms with Crippen molar-refractivity contribution in [3.63, 3.8) is 0 Å². The Kier molecular flexibility index (Phi) is 5.84. The summed E-state index contributed by atoms with van der Waals surface area (Å²) in [5, 5.41) is 7.01. The fourth-order valence-electron chi connectivity index (χ4n) is 2.38. The van der Waals surface area contributed by atoms with Gasteiger partial charge in [-0.2, -0.15) is 0 Å². The molecule has 0 heterocycles. The molecule has 2 aromatic carbocycles. The summed E-state index contributed by atoms with van der Waals surface area (Å²) in [7, 11) is 1.66. The van der Waals surface area contributed by atoms with Gasteiger partial charge in [0.15, 0.2) is 5.11 Å². The van der Waals surface area contributed by atoms with Crippen molar-refractivity contribution in [1.29, 1.82) is 0 Å². The Hall–Kier alpha value is -2.07. The van der Waals surface area contributed by atoms with E-state index in [4.69, 9.17) is 17.0 Å². The molecule has 128 valence electrons. The molecule has 0 aromatic heterocycles. The standard InChI is InChI=1S/C20H26N2OS/c1-6-14-7-10-16(11-8-14)21-19(24)22-17-13-15(20(2,3)4)9-12-18(17)23-5/h7-13H,6H2,1-5H3,(H2,21,22,24). The van der Waals surface area contributed by atoms with Gasteiger partial charge in [0, 0.05) is 5.69 Å². The molecule has 0 amide bonds. The minimum absolute atomic E-state index is 0.0632. The van der Waals surface area contributed by atoms with Crippen LogP contribution in [0.2, 0.25) is 0 Å². The number of ether oxygens (including phenoxy) is 1. The van der Waals surface area contributed by atoms with Gasteiger partial charge in [-0.1, -0.05) is 45.9 Å². The SMILES string of the molecule is CCc1ccc(NC(=S)Nc2cc(C(C)(C)C)ccc2OC)cc1. The summed E-state index contributed by atoms with van der Waals surface area (Å²) in [5.74, 6) is 0.772. The van der Waals surface area contributed by atoms with Crippen molar-refractivity contribution in [2.45, 2.75) is 39.5 Å². The molecule has 0 aliphatic carbocycles. The molecule has 4 heteroatoms. The van der Waals surface area contributed by atoms with Crippen molar-refractivity contribution in [2.24, 2.45) is 0 Å². The number of rotatable bonds is 4. The van der Waals surface area contributed by atoms with E-state index >= 15 is 0 Å².